The van der Waals surface area contributed by atoms with Crippen molar-refractivity contribution in [2.24, 2.45) is 0 Å². The molecule has 3 rings (SSSR count). The summed E-state index contributed by atoms with van der Waals surface area (Å²) in [5.74, 6) is -0.378. The highest BCUT2D eigenvalue weighted by molar-refractivity contribution is 7.92. The Labute approximate surface area is 134 Å². The quantitative estimate of drug-likeness (QED) is 0.797. The zero-order chi connectivity index (χ0) is 16.6. The van der Waals surface area contributed by atoms with Gasteiger partial charge in [0, 0.05) is 13.1 Å². The number of sulfonamides is 1. The Bertz CT molecular complexity index is 857. The lowest BCUT2D eigenvalue weighted by Gasteiger charge is -2.28. The number of carbonyl (C=O) groups is 1. The molecule has 0 bridgehead atoms. The van der Waals surface area contributed by atoms with Gasteiger partial charge < -0.3 is 9.30 Å². The molecule has 1 aliphatic rings. The van der Waals surface area contributed by atoms with E-state index < -0.39 is 16.0 Å². The van der Waals surface area contributed by atoms with E-state index >= 15 is 0 Å². The van der Waals surface area contributed by atoms with Crippen molar-refractivity contribution in [2.45, 2.75) is 26.3 Å². The molecule has 0 atom stereocenters. The number of aryl methyl sites for hydroxylation is 1. The van der Waals surface area contributed by atoms with Gasteiger partial charge in [-0.1, -0.05) is 0 Å². The number of fused-ring (bicyclic) bond motifs is 1. The molecule has 0 unspecified atom stereocenters. The third-order valence-corrected chi connectivity index (χ3v) is 5.94. The minimum Gasteiger partial charge on any atom is -0.465 e. The van der Waals surface area contributed by atoms with Gasteiger partial charge in [-0.3, -0.25) is 4.31 Å². The fraction of sp³-hybridized carbons (Fsp3) is 0.467. The minimum absolute atomic E-state index is 0.116. The van der Waals surface area contributed by atoms with Crippen LogP contribution in [0.5, 0.6) is 0 Å². The van der Waals surface area contributed by atoms with Crippen LogP contribution in [-0.4, -0.2) is 43.3 Å². The first kappa shape index (κ1) is 15.8. The first-order chi connectivity index (χ1) is 11.0. The first-order valence-electron chi connectivity index (χ1n) is 7.55. The van der Waals surface area contributed by atoms with E-state index in [2.05, 4.69) is 4.98 Å². The second-order valence-corrected chi connectivity index (χ2v) is 7.49. The fourth-order valence-corrected chi connectivity index (χ4v) is 4.52. The molecule has 1 saturated heterocycles. The number of ether oxygens (including phenoxy) is 1. The monoisotopic (exact) mass is 337 g/mol. The molecule has 23 heavy (non-hydrogen) atoms. The van der Waals surface area contributed by atoms with E-state index in [4.69, 9.17) is 4.74 Å². The Balaban J connectivity index is 2.26. The zero-order valence-corrected chi connectivity index (χ0v) is 14.0. The molecule has 0 N–H and O–H groups in total. The number of imidazole rings is 1. The summed E-state index contributed by atoms with van der Waals surface area (Å²) in [5.41, 5.74) is 2.09. The molecule has 7 nitrogen and oxygen atoms in total. The number of anilines is 1. The van der Waals surface area contributed by atoms with Crippen LogP contribution in [0.15, 0.2) is 18.5 Å². The Kier molecular flexibility index (Phi) is 4.01. The molecule has 1 aromatic carbocycles. The molecule has 8 heteroatoms. The van der Waals surface area contributed by atoms with E-state index in [1.54, 1.807) is 18.5 Å². The van der Waals surface area contributed by atoms with Gasteiger partial charge in [0.25, 0.3) is 0 Å². The van der Waals surface area contributed by atoms with Gasteiger partial charge in [-0.05, 0) is 31.9 Å². The topological polar surface area (TPSA) is 81.5 Å². The van der Waals surface area contributed by atoms with Crippen LogP contribution in [0.1, 0.15) is 30.1 Å². The lowest BCUT2D eigenvalue weighted by molar-refractivity contribution is 0.0601. The zero-order valence-electron chi connectivity index (χ0n) is 13.2. The summed E-state index contributed by atoms with van der Waals surface area (Å²) in [6, 6.07) is 3.25. The van der Waals surface area contributed by atoms with Crippen LogP contribution in [0.2, 0.25) is 0 Å². The standard InChI is InChI=1S/C15H19N3O4S/c1-3-17-10-16-14-12(17)8-11(15(19)22-2)9-13(14)18-6-4-5-7-23(18,20)21/h8-10H,3-7H2,1-2H3. The molecular weight excluding hydrogens is 318 g/mol. The van der Waals surface area contributed by atoms with Crippen molar-refractivity contribution >= 4 is 32.7 Å². The highest BCUT2D eigenvalue weighted by Gasteiger charge is 2.29. The maximum atomic E-state index is 12.4. The average molecular weight is 337 g/mol. The van der Waals surface area contributed by atoms with E-state index in [1.807, 2.05) is 11.5 Å². The first-order valence-corrected chi connectivity index (χ1v) is 9.16. The second-order valence-electron chi connectivity index (χ2n) is 5.48. The molecule has 124 valence electrons. The summed E-state index contributed by atoms with van der Waals surface area (Å²) >= 11 is 0. The number of nitrogens with zero attached hydrogens (tertiary/aromatic N) is 3. The number of carbonyl (C=O) groups excluding carboxylic acids is 1. The number of hydrogen-bond acceptors (Lipinski definition) is 5. The highest BCUT2D eigenvalue weighted by Crippen LogP contribution is 2.32. The van der Waals surface area contributed by atoms with Crippen LogP contribution >= 0.6 is 0 Å². The summed E-state index contributed by atoms with van der Waals surface area (Å²) in [6.07, 6.45) is 3.10. The van der Waals surface area contributed by atoms with Crippen molar-refractivity contribution in [1.82, 2.24) is 9.55 Å². The van der Waals surface area contributed by atoms with Crippen LogP contribution in [0, 0.1) is 0 Å². The SMILES string of the molecule is CCn1cnc2c(N3CCCCS3(=O)=O)cc(C(=O)OC)cc21. The Hall–Kier alpha value is -2.09. The van der Waals surface area contributed by atoms with Crippen LogP contribution in [0.3, 0.4) is 0 Å². The van der Waals surface area contributed by atoms with Gasteiger partial charge in [0.05, 0.1) is 36.0 Å². The third kappa shape index (κ3) is 2.67. The molecule has 0 spiro atoms. The second kappa shape index (κ2) is 5.84. The van der Waals surface area contributed by atoms with Crippen molar-refractivity contribution < 1.29 is 17.9 Å². The lowest BCUT2D eigenvalue weighted by Crippen LogP contribution is -2.38. The molecule has 1 fully saturated rings. The number of aromatic nitrogens is 2. The van der Waals surface area contributed by atoms with E-state index in [0.717, 1.165) is 11.9 Å². The van der Waals surface area contributed by atoms with Crippen molar-refractivity contribution in [2.75, 3.05) is 23.7 Å². The summed E-state index contributed by atoms with van der Waals surface area (Å²) in [5, 5.41) is 0. The predicted molar refractivity (Wildman–Crippen MR) is 87.1 cm³/mol. The van der Waals surface area contributed by atoms with Gasteiger partial charge in [0.1, 0.15) is 5.52 Å². The Morgan fingerprint density at radius 2 is 2.13 bits per heavy atom. The lowest BCUT2D eigenvalue weighted by atomic mass is 10.1. The molecule has 1 aromatic heterocycles. The van der Waals surface area contributed by atoms with E-state index in [-0.39, 0.29) is 5.75 Å². The van der Waals surface area contributed by atoms with Gasteiger partial charge in [-0.15, -0.1) is 0 Å². The molecule has 0 aliphatic carbocycles. The van der Waals surface area contributed by atoms with Gasteiger partial charge >= 0.3 is 5.97 Å². The molecule has 2 aromatic rings. The summed E-state index contributed by atoms with van der Waals surface area (Å²) in [4.78, 5) is 16.3. The van der Waals surface area contributed by atoms with Gasteiger partial charge in [-0.2, -0.15) is 0 Å². The number of hydrogen-bond donors (Lipinski definition) is 0. The van der Waals surface area contributed by atoms with Gasteiger partial charge in [0.15, 0.2) is 0 Å². The number of rotatable bonds is 3. The van der Waals surface area contributed by atoms with Crippen molar-refractivity contribution in [3.63, 3.8) is 0 Å². The smallest absolute Gasteiger partial charge is 0.338 e. The predicted octanol–water partition coefficient (Wildman–Crippen LogP) is 1.77. The van der Waals surface area contributed by atoms with Crippen LogP contribution < -0.4 is 4.31 Å². The maximum absolute atomic E-state index is 12.4. The summed E-state index contributed by atoms with van der Waals surface area (Å²) in [6.45, 7) is 3.04. The van der Waals surface area contributed by atoms with Crippen LogP contribution in [0.25, 0.3) is 11.0 Å². The fourth-order valence-electron chi connectivity index (χ4n) is 2.88. The van der Waals surface area contributed by atoms with E-state index in [9.17, 15) is 13.2 Å². The number of esters is 1. The average Bonchev–Trinajstić information content (AvgIpc) is 2.96. The van der Waals surface area contributed by atoms with Crippen LogP contribution in [0.4, 0.5) is 5.69 Å². The third-order valence-electron chi connectivity index (χ3n) is 4.09. The van der Waals surface area contributed by atoms with E-state index in [1.165, 1.54) is 11.4 Å². The summed E-state index contributed by atoms with van der Waals surface area (Å²) < 4.78 is 32.9. The minimum atomic E-state index is -3.38. The van der Waals surface area contributed by atoms with Gasteiger partial charge in [-0.25, -0.2) is 18.2 Å². The molecule has 2 heterocycles. The Morgan fingerprint density at radius 3 is 2.78 bits per heavy atom. The van der Waals surface area contributed by atoms with Crippen LogP contribution in [-0.2, 0) is 21.3 Å². The maximum Gasteiger partial charge on any atom is 0.338 e. The van der Waals surface area contributed by atoms with Crippen molar-refractivity contribution in [3.05, 3.63) is 24.0 Å². The molecule has 1 aliphatic heterocycles. The molecule has 0 radical (unpaired) electrons. The number of methoxy groups -OCH3 is 1. The Morgan fingerprint density at radius 1 is 1.35 bits per heavy atom. The largest absolute Gasteiger partial charge is 0.465 e. The normalized spacial score (nSPS) is 17.4. The summed E-state index contributed by atoms with van der Waals surface area (Å²) in [7, 11) is -2.08. The molecule has 0 saturated carbocycles. The highest BCUT2D eigenvalue weighted by atomic mass is 32.2. The van der Waals surface area contributed by atoms with Gasteiger partial charge in [0.2, 0.25) is 10.0 Å². The number of benzene rings is 1. The van der Waals surface area contributed by atoms with Crippen molar-refractivity contribution in [1.29, 1.82) is 0 Å². The van der Waals surface area contributed by atoms with E-state index in [0.29, 0.717) is 36.3 Å². The molecular formula is C15H19N3O4S. The molecule has 0 amide bonds. The van der Waals surface area contributed by atoms with Crippen molar-refractivity contribution in [3.8, 4) is 0 Å².